The summed E-state index contributed by atoms with van der Waals surface area (Å²) in [5.74, 6) is 0.406. The Balaban J connectivity index is 0.00000133. The van der Waals surface area contributed by atoms with E-state index >= 15 is 0 Å². The number of hydrogen-bond donors (Lipinski definition) is 1. The summed E-state index contributed by atoms with van der Waals surface area (Å²) >= 11 is 0. The molecule has 1 aromatic carbocycles. The molecule has 19 heavy (non-hydrogen) atoms. The molecule has 1 saturated carbocycles. The van der Waals surface area contributed by atoms with Crippen molar-refractivity contribution in [3.8, 4) is 0 Å². The van der Waals surface area contributed by atoms with E-state index in [2.05, 4.69) is 24.3 Å². The molecule has 0 bridgehead atoms. The Morgan fingerprint density at radius 1 is 1.05 bits per heavy atom. The van der Waals surface area contributed by atoms with Gasteiger partial charge in [0.15, 0.2) is 5.79 Å². The number of rotatable bonds is 2. The van der Waals surface area contributed by atoms with E-state index in [0.29, 0.717) is 12.5 Å². The van der Waals surface area contributed by atoms with Crippen molar-refractivity contribution < 1.29 is 9.47 Å². The van der Waals surface area contributed by atoms with Crippen LogP contribution >= 0.6 is 12.4 Å². The van der Waals surface area contributed by atoms with E-state index in [-0.39, 0.29) is 18.2 Å². The highest BCUT2D eigenvalue weighted by molar-refractivity contribution is 5.85. The molecule has 3 rings (SSSR count). The van der Waals surface area contributed by atoms with Gasteiger partial charge in [-0.1, -0.05) is 24.3 Å². The van der Waals surface area contributed by atoms with Crippen LogP contribution in [0.25, 0.3) is 0 Å². The lowest BCUT2D eigenvalue weighted by Crippen LogP contribution is -2.34. The summed E-state index contributed by atoms with van der Waals surface area (Å²) in [5.41, 5.74) is 8.26. The van der Waals surface area contributed by atoms with Gasteiger partial charge in [0.2, 0.25) is 0 Å². The lowest BCUT2D eigenvalue weighted by atomic mass is 9.81. The Kier molecular flexibility index (Phi) is 4.85. The number of halogens is 1. The smallest absolute Gasteiger partial charge is 0.168 e. The van der Waals surface area contributed by atoms with E-state index in [1.165, 1.54) is 11.1 Å². The minimum Gasteiger partial charge on any atom is -0.348 e. The van der Waals surface area contributed by atoms with Crippen LogP contribution in [0.15, 0.2) is 24.3 Å². The minimum absolute atomic E-state index is 0. The topological polar surface area (TPSA) is 44.5 Å². The lowest BCUT2D eigenvalue weighted by Gasteiger charge is -2.35. The molecule has 106 valence electrons. The van der Waals surface area contributed by atoms with Crippen molar-refractivity contribution in [2.45, 2.75) is 43.9 Å². The highest BCUT2D eigenvalue weighted by atomic mass is 35.5. The van der Waals surface area contributed by atoms with E-state index in [4.69, 9.17) is 15.2 Å². The van der Waals surface area contributed by atoms with Crippen LogP contribution in [0.5, 0.6) is 0 Å². The van der Waals surface area contributed by atoms with Crippen LogP contribution in [-0.4, -0.2) is 19.0 Å². The second-order valence-corrected chi connectivity index (χ2v) is 5.33. The third-order valence-electron chi connectivity index (χ3n) is 4.25. The Labute approximate surface area is 120 Å². The maximum absolute atomic E-state index is 5.76. The first kappa shape index (κ1) is 14.8. The monoisotopic (exact) mass is 283 g/mol. The van der Waals surface area contributed by atoms with Crippen molar-refractivity contribution in [2.24, 2.45) is 5.73 Å². The molecule has 0 aromatic heterocycles. The molecule has 2 N–H and O–H groups in total. The molecule has 0 radical (unpaired) electrons. The minimum atomic E-state index is -0.242. The molecule has 1 saturated heterocycles. The third kappa shape index (κ3) is 3.11. The molecular formula is C15H22ClNO2. The Bertz CT molecular complexity index is 391. The van der Waals surface area contributed by atoms with E-state index in [0.717, 1.165) is 38.9 Å². The van der Waals surface area contributed by atoms with E-state index < -0.39 is 0 Å². The van der Waals surface area contributed by atoms with Crippen LogP contribution in [0.3, 0.4) is 0 Å². The average Bonchev–Trinajstić information content (AvgIpc) is 2.88. The summed E-state index contributed by atoms with van der Waals surface area (Å²) in [6.07, 6.45) is 4.36. The zero-order valence-corrected chi connectivity index (χ0v) is 12.0. The molecule has 0 amide bonds. The predicted molar refractivity (Wildman–Crippen MR) is 77.4 cm³/mol. The van der Waals surface area contributed by atoms with Gasteiger partial charge in [0.25, 0.3) is 0 Å². The molecule has 0 atom stereocenters. The van der Waals surface area contributed by atoms with Gasteiger partial charge in [-0.3, -0.25) is 0 Å². The number of benzene rings is 1. The molecular weight excluding hydrogens is 262 g/mol. The molecule has 0 unspecified atom stereocenters. The van der Waals surface area contributed by atoms with Crippen molar-refractivity contribution in [1.29, 1.82) is 0 Å². The largest absolute Gasteiger partial charge is 0.348 e. The van der Waals surface area contributed by atoms with Gasteiger partial charge < -0.3 is 15.2 Å². The summed E-state index contributed by atoms with van der Waals surface area (Å²) in [5, 5.41) is 0. The van der Waals surface area contributed by atoms with Gasteiger partial charge in [-0.05, 0) is 29.9 Å². The predicted octanol–water partition coefficient (Wildman–Crippen LogP) is 2.97. The molecule has 1 aromatic rings. The first-order valence-electron chi connectivity index (χ1n) is 6.88. The highest BCUT2D eigenvalue weighted by Crippen LogP contribution is 2.42. The molecule has 4 heteroatoms. The van der Waals surface area contributed by atoms with Crippen LogP contribution in [0, 0.1) is 0 Å². The van der Waals surface area contributed by atoms with Crippen molar-refractivity contribution >= 4 is 12.4 Å². The van der Waals surface area contributed by atoms with Gasteiger partial charge in [-0.2, -0.15) is 0 Å². The first-order valence-corrected chi connectivity index (χ1v) is 6.88. The van der Waals surface area contributed by atoms with E-state index in [9.17, 15) is 0 Å². The second-order valence-electron chi connectivity index (χ2n) is 5.33. The summed E-state index contributed by atoms with van der Waals surface area (Å²) in [4.78, 5) is 0. The molecule has 1 spiro atoms. The maximum Gasteiger partial charge on any atom is 0.168 e. The third-order valence-corrected chi connectivity index (χ3v) is 4.25. The summed E-state index contributed by atoms with van der Waals surface area (Å²) < 4.78 is 11.5. The number of ether oxygens (including phenoxy) is 2. The average molecular weight is 284 g/mol. The van der Waals surface area contributed by atoms with Crippen molar-refractivity contribution in [2.75, 3.05) is 13.2 Å². The summed E-state index contributed by atoms with van der Waals surface area (Å²) in [6, 6.07) is 8.73. The molecule has 1 heterocycles. The fraction of sp³-hybridized carbons (Fsp3) is 0.600. The van der Waals surface area contributed by atoms with Gasteiger partial charge in [0.1, 0.15) is 0 Å². The van der Waals surface area contributed by atoms with Gasteiger partial charge >= 0.3 is 0 Å². The second kappa shape index (κ2) is 6.23. The zero-order chi connectivity index (χ0) is 12.4. The SMILES string of the molecule is Cl.NCc1ccc(C2CCC3(CC2)OCCO3)cc1. The van der Waals surface area contributed by atoms with Crippen LogP contribution in [-0.2, 0) is 16.0 Å². The fourth-order valence-corrected chi connectivity index (χ4v) is 3.10. The molecule has 2 aliphatic rings. The highest BCUT2D eigenvalue weighted by Gasteiger charge is 2.40. The van der Waals surface area contributed by atoms with Gasteiger partial charge in [0.05, 0.1) is 13.2 Å². The lowest BCUT2D eigenvalue weighted by molar-refractivity contribution is -0.178. The van der Waals surface area contributed by atoms with Gasteiger partial charge in [-0.15, -0.1) is 12.4 Å². The standard InChI is InChI=1S/C15H21NO2.ClH/c16-11-12-1-3-13(4-2-12)14-5-7-15(8-6-14)17-9-10-18-15;/h1-4,14H,5-11,16H2;1H. The Morgan fingerprint density at radius 2 is 1.63 bits per heavy atom. The summed E-state index contributed by atoms with van der Waals surface area (Å²) in [6.45, 7) is 2.14. The normalized spacial score (nSPS) is 22.4. The van der Waals surface area contributed by atoms with E-state index in [1.807, 2.05) is 0 Å². The number of hydrogen-bond acceptors (Lipinski definition) is 3. The Morgan fingerprint density at radius 3 is 2.16 bits per heavy atom. The van der Waals surface area contributed by atoms with Crippen LogP contribution in [0.4, 0.5) is 0 Å². The molecule has 3 nitrogen and oxygen atoms in total. The van der Waals surface area contributed by atoms with Crippen molar-refractivity contribution in [3.05, 3.63) is 35.4 Å². The maximum atomic E-state index is 5.76. The molecule has 1 aliphatic heterocycles. The van der Waals surface area contributed by atoms with Crippen molar-refractivity contribution in [3.63, 3.8) is 0 Å². The fourth-order valence-electron chi connectivity index (χ4n) is 3.10. The van der Waals surface area contributed by atoms with Crippen LogP contribution in [0.2, 0.25) is 0 Å². The van der Waals surface area contributed by atoms with Crippen molar-refractivity contribution in [1.82, 2.24) is 0 Å². The number of nitrogens with two attached hydrogens (primary N) is 1. The van der Waals surface area contributed by atoms with Crippen LogP contribution in [0.1, 0.15) is 42.7 Å². The van der Waals surface area contributed by atoms with Gasteiger partial charge in [0, 0.05) is 19.4 Å². The van der Waals surface area contributed by atoms with E-state index in [1.54, 1.807) is 0 Å². The quantitative estimate of drug-likeness (QED) is 0.907. The van der Waals surface area contributed by atoms with Crippen LogP contribution < -0.4 is 5.73 Å². The summed E-state index contributed by atoms with van der Waals surface area (Å²) in [7, 11) is 0. The van der Waals surface area contributed by atoms with Gasteiger partial charge in [-0.25, -0.2) is 0 Å². The zero-order valence-electron chi connectivity index (χ0n) is 11.1. The Hall–Kier alpha value is -0.610. The molecule has 1 aliphatic carbocycles. The first-order chi connectivity index (χ1) is 8.81. The molecule has 2 fully saturated rings.